The average molecular weight is 198 g/mol. The van der Waals surface area contributed by atoms with Crippen molar-refractivity contribution in [3.05, 3.63) is 0 Å². The molecule has 0 spiro atoms. The normalized spacial score (nSPS) is 17.1. The second-order valence-corrected chi connectivity index (χ2v) is 5.80. The highest BCUT2D eigenvalue weighted by Crippen LogP contribution is 2.37. The van der Waals surface area contributed by atoms with Crippen molar-refractivity contribution in [2.45, 2.75) is 67.7 Å². The molecule has 0 aliphatic heterocycles. The maximum absolute atomic E-state index is 2.44. The first-order chi connectivity index (χ1) is 6.36. The van der Waals surface area contributed by atoms with Gasteiger partial charge < -0.3 is 0 Å². The van der Waals surface area contributed by atoms with Crippen LogP contribution in [0.5, 0.6) is 0 Å². The molecular weight excluding hydrogens is 168 g/mol. The SMILES string of the molecule is CCC(C)(CC)CC(C)C(C)C(C)C. The van der Waals surface area contributed by atoms with E-state index in [2.05, 4.69) is 48.5 Å². The molecular formula is C14H30. The van der Waals surface area contributed by atoms with Crippen molar-refractivity contribution in [3.63, 3.8) is 0 Å². The van der Waals surface area contributed by atoms with Crippen LogP contribution in [0.25, 0.3) is 0 Å². The van der Waals surface area contributed by atoms with Gasteiger partial charge in [0.25, 0.3) is 0 Å². The maximum atomic E-state index is 2.44. The molecule has 0 amide bonds. The lowest BCUT2D eigenvalue weighted by Crippen LogP contribution is -2.23. The van der Waals surface area contributed by atoms with Crippen LogP contribution in [0.2, 0.25) is 0 Å². The van der Waals surface area contributed by atoms with Gasteiger partial charge >= 0.3 is 0 Å². The van der Waals surface area contributed by atoms with Gasteiger partial charge in [-0.05, 0) is 29.6 Å². The van der Waals surface area contributed by atoms with Crippen molar-refractivity contribution in [1.82, 2.24) is 0 Å². The zero-order valence-electron chi connectivity index (χ0n) is 11.4. The van der Waals surface area contributed by atoms with Gasteiger partial charge in [-0.1, -0.05) is 61.3 Å². The molecule has 86 valence electrons. The zero-order chi connectivity index (χ0) is 11.4. The highest BCUT2D eigenvalue weighted by molar-refractivity contribution is 4.76. The molecule has 14 heavy (non-hydrogen) atoms. The molecule has 0 aromatic heterocycles. The fourth-order valence-electron chi connectivity index (χ4n) is 2.16. The van der Waals surface area contributed by atoms with Gasteiger partial charge in [-0.2, -0.15) is 0 Å². The first-order valence-electron chi connectivity index (χ1n) is 6.36. The lowest BCUT2D eigenvalue weighted by molar-refractivity contribution is 0.171. The highest BCUT2D eigenvalue weighted by Gasteiger charge is 2.26. The summed E-state index contributed by atoms with van der Waals surface area (Å²) in [6.07, 6.45) is 4.02. The van der Waals surface area contributed by atoms with Crippen molar-refractivity contribution in [1.29, 1.82) is 0 Å². The predicted octanol–water partition coefficient (Wildman–Crippen LogP) is 5.13. The summed E-state index contributed by atoms with van der Waals surface area (Å²) in [6, 6.07) is 0. The quantitative estimate of drug-likeness (QED) is 0.555. The van der Waals surface area contributed by atoms with E-state index in [0.717, 1.165) is 17.8 Å². The Balaban J connectivity index is 4.22. The minimum atomic E-state index is 0.572. The summed E-state index contributed by atoms with van der Waals surface area (Å²) < 4.78 is 0. The minimum absolute atomic E-state index is 0.572. The van der Waals surface area contributed by atoms with Gasteiger partial charge in [-0.25, -0.2) is 0 Å². The largest absolute Gasteiger partial charge is 0.0649 e. The standard InChI is InChI=1S/C14H30/c1-8-14(7,9-2)10-12(5)13(6)11(3)4/h11-13H,8-10H2,1-7H3. The van der Waals surface area contributed by atoms with Gasteiger partial charge in [0.2, 0.25) is 0 Å². The van der Waals surface area contributed by atoms with E-state index in [1.165, 1.54) is 19.3 Å². The van der Waals surface area contributed by atoms with Gasteiger partial charge in [0.15, 0.2) is 0 Å². The molecule has 0 saturated heterocycles. The molecule has 0 fully saturated rings. The first-order valence-corrected chi connectivity index (χ1v) is 6.36. The van der Waals surface area contributed by atoms with E-state index in [1.807, 2.05) is 0 Å². The van der Waals surface area contributed by atoms with Crippen molar-refractivity contribution < 1.29 is 0 Å². The fraction of sp³-hybridized carbons (Fsp3) is 1.00. The monoisotopic (exact) mass is 198 g/mol. The summed E-state index contributed by atoms with van der Waals surface area (Å²) in [6.45, 7) is 16.6. The Bertz CT molecular complexity index is 142. The third kappa shape index (κ3) is 4.02. The lowest BCUT2D eigenvalue weighted by atomic mass is 9.72. The van der Waals surface area contributed by atoms with Crippen molar-refractivity contribution in [2.24, 2.45) is 23.2 Å². The molecule has 0 radical (unpaired) electrons. The van der Waals surface area contributed by atoms with E-state index in [-0.39, 0.29) is 0 Å². The van der Waals surface area contributed by atoms with Crippen molar-refractivity contribution in [2.75, 3.05) is 0 Å². The Morgan fingerprint density at radius 1 is 0.929 bits per heavy atom. The van der Waals surface area contributed by atoms with Crippen LogP contribution < -0.4 is 0 Å². The van der Waals surface area contributed by atoms with Gasteiger partial charge in [-0.15, -0.1) is 0 Å². The summed E-state index contributed by atoms with van der Waals surface area (Å²) in [5.41, 5.74) is 0.572. The second-order valence-electron chi connectivity index (χ2n) is 5.80. The van der Waals surface area contributed by atoms with Gasteiger partial charge in [0, 0.05) is 0 Å². The first kappa shape index (κ1) is 14.0. The Hall–Kier alpha value is 0. The van der Waals surface area contributed by atoms with E-state index in [4.69, 9.17) is 0 Å². The molecule has 0 aliphatic rings. The van der Waals surface area contributed by atoms with Gasteiger partial charge in [-0.3, -0.25) is 0 Å². The Kier molecular flexibility index (Phi) is 5.78. The second kappa shape index (κ2) is 5.78. The topological polar surface area (TPSA) is 0 Å². The minimum Gasteiger partial charge on any atom is -0.0649 e. The number of hydrogen-bond donors (Lipinski definition) is 0. The molecule has 0 aromatic carbocycles. The molecule has 2 unspecified atom stereocenters. The van der Waals surface area contributed by atoms with E-state index in [0.29, 0.717) is 5.41 Å². The summed E-state index contributed by atoms with van der Waals surface area (Å²) in [4.78, 5) is 0. The predicted molar refractivity (Wildman–Crippen MR) is 66.5 cm³/mol. The molecule has 0 saturated carbocycles. The summed E-state index contributed by atoms with van der Waals surface area (Å²) in [7, 11) is 0. The third-order valence-electron chi connectivity index (χ3n) is 4.47. The van der Waals surface area contributed by atoms with Crippen LogP contribution in [0.15, 0.2) is 0 Å². The van der Waals surface area contributed by atoms with Crippen molar-refractivity contribution in [3.8, 4) is 0 Å². The third-order valence-corrected chi connectivity index (χ3v) is 4.47. The van der Waals surface area contributed by atoms with Gasteiger partial charge in [0.05, 0.1) is 0 Å². The van der Waals surface area contributed by atoms with Crippen LogP contribution in [0.1, 0.15) is 67.7 Å². The molecule has 0 aromatic rings. The Morgan fingerprint density at radius 3 is 1.64 bits per heavy atom. The lowest BCUT2D eigenvalue weighted by Gasteiger charge is -2.34. The Labute approximate surface area is 91.5 Å². The van der Waals surface area contributed by atoms with E-state index >= 15 is 0 Å². The summed E-state index contributed by atoms with van der Waals surface area (Å²) in [5, 5.41) is 0. The average Bonchev–Trinajstić information content (AvgIpc) is 2.16. The molecule has 0 rings (SSSR count). The molecule has 0 heterocycles. The molecule has 0 nitrogen and oxygen atoms in total. The van der Waals surface area contributed by atoms with E-state index in [9.17, 15) is 0 Å². The zero-order valence-corrected chi connectivity index (χ0v) is 11.4. The molecule has 2 atom stereocenters. The van der Waals surface area contributed by atoms with Crippen LogP contribution in [0.3, 0.4) is 0 Å². The smallest absolute Gasteiger partial charge is 0.0328 e. The number of rotatable bonds is 6. The summed E-state index contributed by atoms with van der Waals surface area (Å²) >= 11 is 0. The molecule has 0 N–H and O–H groups in total. The van der Waals surface area contributed by atoms with Crippen LogP contribution in [-0.4, -0.2) is 0 Å². The Morgan fingerprint density at radius 2 is 1.36 bits per heavy atom. The van der Waals surface area contributed by atoms with Crippen LogP contribution in [-0.2, 0) is 0 Å². The molecule has 0 heteroatoms. The number of hydrogen-bond acceptors (Lipinski definition) is 0. The van der Waals surface area contributed by atoms with Crippen LogP contribution in [0.4, 0.5) is 0 Å². The molecule has 0 aliphatic carbocycles. The summed E-state index contributed by atoms with van der Waals surface area (Å²) in [5.74, 6) is 2.54. The van der Waals surface area contributed by atoms with Crippen molar-refractivity contribution >= 4 is 0 Å². The van der Waals surface area contributed by atoms with Gasteiger partial charge in [0.1, 0.15) is 0 Å². The van der Waals surface area contributed by atoms with E-state index < -0.39 is 0 Å². The van der Waals surface area contributed by atoms with Crippen LogP contribution >= 0.6 is 0 Å². The van der Waals surface area contributed by atoms with E-state index in [1.54, 1.807) is 0 Å². The van der Waals surface area contributed by atoms with Crippen LogP contribution in [0, 0.1) is 23.2 Å². The highest BCUT2D eigenvalue weighted by atomic mass is 14.3. The fourth-order valence-corrected chi connectivity index (χ4v) is 2.16. The molecule has 0 bridgehead atoms. The maximum Gasteiger partial charge on any atom is -0.0328 e.